The van der Waals surface area contributed by atoms with Crippen molar-refractivity contribution >= 4 is 40.4 Å². The highest BCUT2D eigenvalue weighted by Gasteiger charge is 2.25. The van der Waals surface area contributed by atoms with Crippen LogP contribution in [0.15, 0.2) is 49.1 Å². The fourth-order valence-electron chi connectivity index (χ4n) is 1.93. The third kappa shape index (κ3) is 3.93. The summed E-state index contributed by atoms with van der Waals surface area (Å²) in [7, 11) is 0. The van der Waals surface area contributed by atoms with Gasteiger partial charge < -0.3 is 10.1 Å². The number of nitro groups is 1. The Morgan fingerprint density at radius 1 is 1.20 bits per heavy atom. The molecule has 0 aliphatic carbocycles. The maximum Gasteiger partial charge on any atom is 0.373 e. The summed E-state index contributed by atoms with van der Waals surface area (Å²) in [6.45, 7) is 0. The van der Waals surface area contributed by atoms with Crippen LogP contribution in [0.4, 0.5) is 17.2 Å². The number of hydrogen-bond donors (Lipinski definition) is 1. The van der Waals surface area contributed by atoms with Crippen LogP contribution in [0.5, 0.6) is 11.6 Å². The quantitative estimate of drug-likeness (QED) is 0.510. The van der Waals surface area contributed by atoms with Gasteiger partial charge in [-0.05, 0) is 30.3 Å². The minimum Gasteiger partial charge on any atom is -0.432 e. The van der Waals surface area contributed by atoms with Gasteiger partial charge in [0.15, 0.2) is 0 Å². The Morgan fingerprint density at radius 2 is 2.04 bits per heavy atom. The Hall–Kier alpha value is -2.97. The fraction of sp³-hybridized carbons (Fsp3) is 0. The fourth-order valence-corrected chi connectivity index (χ4v) is 2.27. The summed E-state index contributed by atoms with van der Waals surface area (Å²) in [5.74, 6) is -0.00672. The Bertz CT molecular complexity index is 924. The van der Waals surface area contributed by atoms with Gasteiger partial charge in [-0.15, -0.1) is 0 Å². The number of nitrogens with one attached hydrogen (secondary N) is 1. The van der Waals surface area contributed by atoms with Gasteiger partial charge in [0.05, 0.1) is 21.8 Å². The molecule has 0 saturated carbocycles. The van der Waals surface area contributed by atoms with Crippen LogP contribution in [0.1, 0.15) is 0 Å². The lowest BCUT2D eigenvalue weighted by Gasteiger charge is -2.10. The largest absolute Gasteiger partial charge is 0.432 e. The molecule has 3 aromatic rings. The van der Waals surface area contributed by atoms with Gasteiger partial charge in [-0.2, -0.15) is 4.98 Å². The van der Waals surface area contributed by atoms with Gasteiger partial charge in [0.2, 0.25) is 5.82 Å². The van der Waals surface area contributed by atoms with E-state index >= 15 is 0 Å². The number of aromatic nitrogens is 3. The van der Waals surface area contributed by atoms with Crippen LogP contribution in [-0.2, 0) is 0 Å². The van der Waals surface area contributed by atoms with Gasteiger partial charge in [-0.25, -0.2) is 4.98 Å². The third-order valence-electron chi connectivity index (χ3n) is 3.00. The van der Waals surface area contributed by atoms with E-state index in [-0.39, 0.29) is 11.7 Å². The van der Waals surface area contributed by atoms with E-state index in [1.807, 2.05) is 0 Å². The maximum absolute atomic E-state index is 11.5. The molecule has 2 aromatic heterocycles. The van der Waals surface area contributed by atoms with Gasteiger partial charge in [-0.3, -0.25) is 15.1 Å². The van der Waals surface area contributed by atoms with Crippen LogP contribution in [0, 0.1) is 10.1 Å². The minimum absolute atomic E-state index is 0.0805. The highest BCUT2D eigenvalue weighted by atomic mass is 35.5. The number of ether oxygens (including phenoxy) is 1. The van der Waals surface area contributed by atoms with E-state index < -0.39 is 10.6 Å². The molecular weight excluding hydrogens is 369 g/mol. The van der Waals surface area contributed by atoms with Crippen molar-refractivity contribution in [2.45, 2.75) is 0 Å². The predicted octanol–water partition coefficient (Wildman–Crippen LogP) is 4.62. The Labute approximate surface area is 151 Å². The van der Waals surface area contributed by atoms with E-state index in [0.29, 0.717) is 21.5 Å². The monoisotopic (exact) mass is 377 g/mol. The molecule has 126 valence electrons. The van der Waals surface area contributed by atoms with Crippen LogP contribution < -0.4 is 10.1 Å². The van der Waals surface area contributed by atoms with E-state index in [2.05, 4.69) is 20.3 Å². The lowest BCUT2D eigenvalue weighted by molar-refractivity contribution is -0.385. The summed E-state index contributed by atoms with van der Waals surface area (Å²) in [5.41, 5.74) is -0.0781. The number of nitrogens with zero attached hydrogens (tertiary/aromatic N) is 4. The molecule has 0 bridgehead atoms. The van der Waals surface area contributed by atoms with Crippen LogP contribution in [-0.4, -0.2) is 19.9 Å². The van der Waals surface area contributed by atoms with Crippen molar-refractivity contribution in [2.75, 3.05) is 5.32 Å². The summed E-state index contributed by atoms with van der Waals surface area (Å²) in [5, 5.41) is 15.0. The van der Waals surface area contributed by atoms with Crippen molar-refractivity contribution in [2.24, 2.45) is 0 Å². The van der Waals surface area contributed by atoms with Crippen molar-refractivity contribution < 1.29 is 9.66 Å². The summed E-state index contributed by atoms with van der Waals surface area (Å²) < 4.78 is 5.45. The molecule has 25 heavy (non-hydrogen) atoms. The van der Waals surface area contributed by atoms with E-state index in [1.165, 1.54) is 12.3 Å². The van der Waals surface area contributed by atoms with Gasteiger partial charge in [0.25, 0.3) is 0 Å². The SMILES string of the molecule is O=[N+]([O-])c1c(Nc2cc(Cl)ccc2Cl)ncnc1Oc1cccnc1. The van der Waals surface area contributed by atoms with Crippen molar-refractivity contribution in [3.63, 3.8) is 0 Å². The van der Waals surface area contributed by atoms with Crippen LogP contribution >= 0.6 is 23.2 Å². The second-order valence-electron chi connectivity index (χ2n) is 4.67. The predicted molar refractivity (Wildman–Crippen MR) is 92.7 cm³/mol. The zero-order valence-electron chi connectivity index (χ0n) is 12.4. The van der Waals surface area contributed by atoms with Crippen molar-refractivity contribution in [1.29, 1.82) is 0 Å². The van der Waals surface area contributed by atoms with Gasteiger partial charge in [0.1, 0.15) is 12.1 Å². The van der Waals surface area contributed by atoms with Crippen molar-refractivity contribution in [3.8, 4) is 11.6 Å². The molecule has 1 N–H and O–H groups in total. The molecule has 0 atom stereocenters. The highest BCUT2D eigenvalue weighted by molar-refractivity contribution is 6.35. The Kier molecular flexibility index (Phi) is 4.92. The molecule has 2 heterocycles. The second-order valence-corrected chi connectivity index (χ2v) is 5.52. The number of benzene rings is 1. The number of halogens is 2. The van der Waals surface area contributed by atoms with Crippen molar-refractivity contribution in [1.82, 2.24) is 15.0 Å². The van der Waals surface area contributed by atoms with E-state index in [4.69, 9.17) is 27.9 Å². The normalized spacial score (nSPS) is 10.3. The molecule has 0 spiro atoms. The molecule has 0 unspecified atom stereocenters. The zero-order valence-corrected chi connectivity index (χ0v) is 13.9. The van der Waals surface area contributed by atoms with Crippen LogP contribution in [0.25, 0.3) is 0 Å². The lowest BCUT2D eigenvalue weighted by atomic mass is 10.3. The average molecular weight is 378 g/mol. The van der Waals surface area contributed by atoms with Crippen LogP contribution in [0.2, 0.25) is 10.0 Å². The number of anilines is 2. The second kappa shape index (κ2) is 7.29. The van der Waals surface area contributed by atoms with E-state index in [0.717, 1.165) is 6.33 Å². The molecule has 0 fully saturated rings. The Balaban J connectivity index is 2.01. The first-order valence-electron chi connectivity index (χ1n) is 6.84. The maximum atomic E-state index is 11.5. The molecular formula is C15H9Cl2N5O3. The molecule has 8 nitrogen and oxygen atoms in total. The Morgan fingerprint density at radius 3 is 2.76 bits per heavy atom. The minimum atomic E-state index is -0.646. The summed E-state index contributed by atoms with van der Waals surface area (Å²) >= 11 is 12.0. The first kappa shape index (κ1) is 16.9. The summed E-state index contributed by atoms with van der Waals surface area (Å²) in [4.78, 5) is 22.5. The third-order valence-corrected chi connectivity index (χ3v) is 3.57. The van der Waals surface area contributed by atoms with E-state index in [9.17, 15) is 10.1 Å². The summed E-state index contributed by atoms with van der Waals surface area (Å²) in [6.07, 6.45) is 4.10. The smallest absolute Gasteiger partial charge is 0.373 e. The standard InChI is InChI=1S/C15H9Cl2N5O3/c16-9-3-4-11(17)12(6-9)21-14-13(22(23)24)15(20-8-19-14)25-10-2-1-5-18-7-10/h1-8H,(H,19,20,21). The first-order valence-corrected chi connectivity index (χ1v) is 7.59. The lowest BCUT2D eigenvalue weighted by Crippen LogP contribution is -2.04. The van der Waals surface area contributed by atoms with E-state index in [1.54, 1.807) is 30.5 Å². The number of rotatable bonds is 5. The molecule has 0 saturated heterocycles. The van der Waals surface area contributed by atoms with Gasteiger partial charge in [-0.1, -0.05) is 23.2 Å². The average Bonchev–Trinajstić information content (AvgIpc) is 2.59. The molecule has 1 aromatic carbocycles. The topological polar surface area (TPSA) is 103 Å². The highest BCUT2D eigenvalue weighted by Crippen LogP contribution is 2.37. The molecule has 0 radical (unpaired) electrons. The number of pyridine rings is 1. The first-order chi connectivity index (χ1) is 12.0. The number of hydrogen-bond acceptors (Lipinski definition) is 7. The zero-order chi connectivity index (χ0) is 17.8. The summed E-state index contributed by atoms with van der Waals surface area (Å²) in [6, 6.07) is 7.91. The molecule has 0 aliphatic heterocycles. The van der Waals surface area contributed by atoms with Gasteiger partial charge in [0, 0.05) is 11.2 Å². The molecule has 3 rings (SSSR count). The van der Waals surface area contributed by atoms with Crippen molar-refractivity contribution in [3.05, 3.63) is 69.2 Å². The van der Waals surface area contributed by atoms with Gasteiger partial charge >= 0.3 is 11.6 Å². The van der Waals surface area contributed by atoms with Crippen LogP contribution in [0.3, 0.4) is 0 Å². The molecule has 0 aliphatic rings. The molecule has 10 heteroatoms. The molecule has 0 amide bonds.